The molecule has 1 aliphatic rings. The summed E-state index contributed by atoms with van der Waals surface area (Å²) in [6.07, 6.45) is -9.95. The number of carbonyl (C=O) groups excluding carboxylic acids is 1. The first kappa shape index (κ1) is 31.7. The van der Waals surface area contributed by atoms with Gasteiger partial charge in [-0.15, -0.1) is 0 Å². The Bertz CT molecular complexity index is 1580. The Morgan fingerprint density at radius 3 is 2.35 bits per heavy atom. The number of nitriles is 1. The second-order valence-electron chi connectivity index (χ2n) is 10.4. The topological polar surface area (TPSA) is 107 Å². The number of carbonyl (C=O) groups is 1. The predicted molar refractivity (Wildman–Crippen MR) is 145 cm³/mol. The monoisotopic (exact) mass is 609 g/mol. The molecule has 43 heavy (non-hydrogen) atoms. The van der Waals surface area contributed by atoms with E-state index in [2.05, 4.69) is 15.3 Å². The van der Waals surface area contributed by atoms with Crippen LogP contribution in [0.25, 0.3) is 11.0 Å². The average Bonchev–Trinajstić information content (AvgIpc) is 2.94. The first-order chi connectivity index (χ1) is 20.1. The number of aromatic nitrogens is 3. The number of hydrogen-bond acceptors (Lipinski definition) is 7. The Morgan fingerprint density at radius 1 is 1.09 bits per heavy atom. The van der Waals surface area contributed by atoms with E-state index in [1.54, 1.807) is 17.9 Å². The highest BCUT2D eigenvalue weighted by Gasteiger charge is 2.40. The zero-order valence-corrected chi connectivity index (χ0v) is 23.5. The molecule has 3 aromatic rings. The lowest BCUT2D eigenvalue weighted by Gasteiger charge is -2.48. The zero-order valence-electron chi connectivity index (χ0n) is 23.5. The van der Waals surface area contributed by atoms with Crippen LogP contribution in [-0.4, -0.2) is 63.2 Å². The van der Waals surface area contributed by atoms with Gasteiger partial charge >= 0.3 is 18.0 Å². The van der Waals surface area contributed by atoms with E-state index in [4.69, 9.17) is 0 Å². The Labute approximate surface area is 242 Å². The molecule has 3 heterocycles. The quantitative estimate of drug-likeness (QED) is 0.398. The molecule has 0 bridgehead atoms. The fourth-order valence-electron chi connectivity index (χ4n) is 5.28. The van der Waals surface area contributed by atoms with Crippen LogP contribution < -0.4 is 15.9 Å². The number of piperazine rings is 1. The third kappa shape index (κ3) is 6.90. The molecule has 0 radical (unpaired) electrons. The summed E-state index contributed by atoms with van der Waals surface area (Å²) in [6, 6.07) is 6.96. The second kappa shape index (κ2) is 12.2. The maximum Gasteiger partial charge on any atom is 0.416 e. The number of nitrogens with zero attached hydrogens (tertiary/aromatic N) is 6. The number of rotatable bonds is 7. The molecule has 0 saturated carbocycles. The number of halogens is 6. The number of amides is 1. The van der Waals surface area contributed by atoms with Crippen molar-refractivity contribution in [2.24, 2.45) is 7.05 Å². The molecule has 1 unspecified atom stereocenters. The van der Waals surface area contributed by atoms with E-state index >= 15 is 0 Å². The Morgan fingerprint density at radius 2 is 1.77 bits per heavy atom. The summed E-state index contributed by atoms with van der Waals surface area (Å²) >= 11 is 0. The summed E-state index contributed by atoms with van der Waals surface area (Å²) in [5.41, 5.74) is -0.405. The summed E-state index contributed by atoms with van der Waals surface area (Å²) in [6.45, 7) is 3.29. The van der Waals surface area contributed by atoms with Gasteiger partial charge in [-0.3, -0.25) is 14.3 Å². The standard InChI is InChI=1S/C28H29F6N7O2/c1-4-20-15-40(24-22-21(39(3)26(43)38-24)10-9-19(13-35)37-22)16(2)14-41(20)23(25(42)36-12-11-27(29,30)31)17-5-7-18(8-6-17)28(32,33)34/h5-10,16,20,23H,4,11-12,14-15H2,1-3H3,(H,36,42)/t16-,20+,23?/m0/s1. The van der Waals surface area contributed by atoms with Gasteiger partial charge in [-0.05, 0) is 43.2 Å². The minimum absolute atomic E-state index is 0.116. The van der Waals surface area contributed by atoms with Gasteiger partial charge in [0.25, 0.3) is 0 Å². The van der Waals surface area contributed by atoms with E-state index in [0.29, 0.717) is 17.5 Å². The lowest BCUT2D eigenvalue weighted by Crippen LogP contribution is -2.60. The van der Waals surface area contributed by atoms with E-state index in [0.717, 1.165) is 24.3 Å². The van der Waals surface area contributed by atoms with Crippen LogP contribution in [0.1, 0.15) is 49.6 Å². The van der Waals surface area contributed by atoms with Crippen molar-refractivity contribution >= 4 is 22.8 Å². The molecule has 15 heteroatoms. The van der Waals surface area contributed by atoms with E-state index < -0.39 is 60.6 Å². The summed E-state index contributed by atoms with van der Waals surface area (Å²) in [7, 11) is 1.53. The van der Waals surface area contributed by atoms with Crippen molar-refractivity contribution in [2.75, 3.05) is 24.5 Å². The Kier molecular flexibility index (Phi) is 9.00. The lowest BCUT2D eigenvalue weighted by molar-refractivity contribution is -0.138. The molecule has 1 amide bonds. The van der Waals surface area contributed by atoms with Gasteiger partial charge in [-0.25, -0.2) is 9.78 Å². The SMILES string of the molecule is CC[C@@H]1CN(c2nc(=O)n(C)c3ccc(C#N)nc23)[C@@H](C)CN1C(C(=O)NCCC(F)(F)F)c1ccc(C(F)(F)F)cc1. The minimum Gasteiger partial charge on any atom is -0.354 e. The summed E-state index contributed by atoms with van der Waals surface area (Å²) in [5.74, 6) is -0.540. The van der Waals surface area contributed by atoms with Crippen molar-refractivity contribution in [3.05, 3.63) is 63.7 Å². The molecule has 9 nitrogen and oxygen atoms in total. The maximum atomic E-state index is 13.4. The molecule has 1 aliphatic heterocycles. The third-order valence-electron chi connectivity index (χ3n) is 7.52. The first-order valence-electron chi connectivity index (χ1n) is 13.5. The van der Waals surface area contributed by atoms with Crippen molar-refractivity contribution in [3.63, 3.8) is 0 Å². The highest BCUT2D eigenvalue weighted by molar-refractivity contribution is 5.87. The molecule has 0 spiro atoms. The number of alkyl halides is 6. The van der Waals surface area contributed by atoms with Gasteiger partial charge in [0.15, 0.2) is 5.82 Å². The molecule has 1 fully saturated rings. The molecule has 0 aliphatic carbocycles. The van der Waals surface area contributed by atoms with Gasteiger partial charge in [-0.2, -0.15) is 36.6 Å². The largest absolute Gasteiger partial charge is 0.416 e. The second-order valence-corrected chi connectivity index (χ2v) is 10.4. The number of benzene rings is 1. The Balaban J connectivity index is 1.72. The molecular weight excluding hydrogens is 580 g/mol. The highest BCUT2D eigenvalue weighted by Crippen LogP contribution is 2.35. The number of pyridine rings is 1. The zero-order chi connectivity index (χ0) is 31.7. The first-order valence-corrected chi connectivity index (χ1v) is 13.5. The van der Waals surface area contributed by atoms with Gasteiger partial charge in [-0.1, -0.05) is 19.1 Å². The van der Waals surface area contributed by atoms with E-state index in [1.165, 1.54) is 17.7 Å². The smallest absolute Gasteiger partial charge is 0.354 e. The number of hydrogen-bond donors (Lipinski definition) is 1. The van der Waals surface area contributed by atoms with Crippen LogP contribution in [-0.2, 0) is 18.0 Å². The minimum atomic E-state index is -4.61. The Hall–Kier alpha value is -4.19. The molecular formula is C28H29F6N7O2. The van der Waals surface area contributed by atoms with Crippen LogP contribution >= 0.6 is 0 Å². The number of anilines is 1. The van der Waals surface area contributed by atoms with Crippen LogP contribution in [0.2, 0.25) is 0 Å². The van der Waals surface area contributed by atoms with Crippen LogP contribution in [0.3, 0.4) is 0 Å². The molecule has 2 aromatic heterocycles. The predicted octanol–water partition coefficient (Wildman–Crippen LogP) is 4.32. The van der Waals surface area contributed by atoms with Crippen LogP contribution in [0.4, 0.5) is 32.2 Å². The fraction of sp³-hybridized carbons (Fsp3) is 0.464. The van der Waals surface area contributed by atoms with Gasteiger partial charge in [0.2, 0.25) is 5.91 Å². The van der Waals surface area contributed by atoms with Crippen molar-refractivity contribution in [1.29, 1.82) is 5.26 Å². The number of nitrogens with one attached hydrogen (secondary N) is 1. The summed E-state index contributed by atoms with van der Waals surface area (Å²) < 4.78 is 79.4. The highest BCUT2D eigenvalue weighted by atomic mass is 19.4. The molecule has 1 aromatic carbocycles. The molecule has 1 N–H and O–H groups in total. The molecule has 3 atom stereocenters. The van der Waals surface area contributed by atoms with Crippen molar-refractivity contribution in [2.45, 2.75) is 57.2 Å². The van der Waals surface area contributed by atoms with Crippen LogP contribution in [0.5, 0.6) is 0 Å². The van der Waals surface area contributed by atoms with Gasteiger partial charge in [0, 0.05) is 38.8 Å². The summed E-state index contributed by atoms with van der Waals surface area (Å²) in [5, 5.41) is 11.7. The normalized spacial score (nSPS) is 18.8. The van der Waals surface area contributed by atoms with Crippen LogP contribution in [0.15, 0.2) is 41.2 Å². The fourth-order valence-corrected chi connectivity index (χ4v) is 5.28. The van der Waals surface area contributed by atoms with Crippen molar-refractivity contribution in [3.8, 4) is 6.07 Å². The number of aryl methyl sites for hydroxylation is 1. The van der Waals surface area contributed by atoms with Gasteiger partial charge in [0.1, 0.15) is 23.3 Å². The van der Waals surface area contributed by atoms with Crippen molar-refractivity contribution in [1.82, 2.24) is 24.8 Å². The maximum absolute atomic E-state index is 13.4. The molecule has 230 valence electrons. The van der Waals surface area contributed by atoms with E-state index in [-0.39, 0.29) is 30.2 Å². The molecule has 1 saturated heterocycles. The van der Waals surface area contributed by atoms with Crippen molar-refractivity contribution < 1.29 is 31.1 Å². The molecule has 4 rings (SSSR count). The van der Waals surface area contributed by atoms with Crippen LogP contribution in [0, 0.1) is 11.3 Å². The van der Waals surface area contributed by atoms with Gasteiger partial charge < -0.3 is 10.2 Å². The number of fused-ring (bicyclic) bond motifs is 1. The van der Waals surface area contributed by atoms with E-state index in [1.807, 2.05) is 17.9 Å². The van der Waals surface area contributed by atoms with E-state index in [9.17, 15) is 41.2 Å². The lowest BCUT2D eigenvalue weighted by atomic mass is 9.96. The third-order valence-corrected chi connectivity index (χ3v) is 7.52. The van der Waals surface area contributed by atoms with Gasteiger partial charge in [0.05, 0.1) is 17.5 Å². The average molecular weight is 610 g/mol. The summed E-state index contributed by atoms with van der Waals surface area (Å²) in [4.78, 5) is 38.3.